The largest absolute Gasteiger partial charge is 0.444 e. The molecule has 0 bridgehead atoms. The molecule has 0 saturated carbocycles. The number of hydrazine groups is 1. The average Bonchev–Trinajstić information content (AvgIpc) is 2.60. The number of piperidine rings is 1. The van der Waals surface area contributed by atoms with Crippen molar-refractivity contribution in [2.45, 2.75) is 51.9 Å². The molecule has 1 aromatic heterocycles. The Balaban J connectivity index is 1.76. The molecule has 2 heterocycles. The van der Waals surface area contributed by atoms with E-state index in [2.05, 4.69) is 15.8 Å². The van der Waals surface area contributed by atoms with E-state index < -0.39 is 23.6 Å². The number of hydrogen-bond donors (Lipinski definition) is 2. The van der Waals surface area contributed by atoms with E-state index in [1.165, 1.54) is 6.07 Å². The molecule has 156 valence electrons. The third-order valence-electron chi connectivity index (χ3n) is 4.14. The van der Waals surface area contributed by atoms with Crippen molar-refractivity contribution in [2.24, 2.45) is 5.92 Å². The van der Waals surface area contributed by atoms with Gasteiger partial charge in [0.2, 0.25) is 5.91 Å². The SMILES string of the molecule is CC(C)(C)OC(=O)N1CCC(C(=O)NNCc2ccnc(C(F)(F)F)c2)CC1. The lowest BCUT2D eigenvalue weighted by Gasteiger charge is -2.32. The Bertz CT molecular complexity index is 696. The molecule has 0 unspecified atom stereocenters. The van der Waals surface area contributed by atoms with Crippen molar-refractivity contribution in [1.29, 1.82) is 0 Å². The van der Waals surface area contributed by atoms with Crippen molar-refractivity contribution in [2.75, 3.05) is 13.1 Å². The first-order valence-corrected chi connectivity index (χ1v) is 8.98. The van der Waals surface area contributed by atoms with Crippen molar-refractivity contribution in [1.82, 2.24) is 20.7 Å². The maximum absolute atomic E-state index is 12.7. The van der Waals surface area contributed by atoms with Crippen LogP contribution in [0.15, 0.2) is 18.3 Å². The number of amides is 2. The molecule has 0 aliphatic carbocycles. The highest BCUT2D eigenvalue weighted by Crippen LogP contribution is 2.27. The van der Waals surface area contributed by atoms with Gasteiger partial charge in [-0.1, -0.05) is 0 Å². The maximum Gasteiger partial charge on any atom is 0.433 e. The van der Waals surface area contributed by atoms with E-state index in [0.717, 1.165) is 12.3 Å². The van der Waals surface area contributed by atoms with E-state index in [-0.39, 0.29) is 18.4 Å². The highest BCUT2D eigenvalue weighted by Gasteiger charge is 2.32. The van der Waals surface area contributed by atoms with Crippen LogP contribution in [0.2, 0.25) is 0 Å². The van der Waals surface area contributed by atoms with Crippen LogP contribution in [0.1, 0.15) is 44.9 Å². The van der Waals surface area contributed by atoms with Crippen LogP contribution in [0.25, 0.3) is 0 Å². The Morgan fingerprint density at radius 1 is 1.25 bits per heavy atom. The summed E-state index contributed by atoms with van der Waals surface area (Å²) in [6.07, 6.45) is -2.86. The lowest BCUT2D eigenvalue weighted by atomic mass is 9.96. The Hall–Kier alpha value is -2.36. The summed E-state index contributed by atoms with van der Waals surface area (Å²) in [5.41, 5.74) is 3.95. The molecule has 0 spiro atoms. The molecule has 0 atom stereocenters. The van der Waals surface area contributed by atoms with Gasteiger partial charge >= 0.3 is 12.3 Å². The zero-order valence-corrected chi connectivity index (χ0v) is 16.1. The van der Waals surface area contributed by atoms with Gasteiger partial charge in [-0.05, 0) is 51.3 Å². The maximum atomic E-state index is 12.7. The van der Waals surface area contributed by atoms with E-state index in [0.29, 0.717) is 31.5 Å². The molecular weight excluding hydrogens is 377 g/mol. The summed E-state index contributed by atoms with van der Waals surface area (Å²) < 4.78 is 43.3. The number of hydrogen-bond acceptors (Lipinski definition) is 5. The Morgan fingerprint density at radius 2 is 1.89 bits per heavy atom. The molecule has 1 fully saturated rings. The number of nitrogens with zero attached hydrogens (tertiary/aromatic N) is 2. The van der Waals surface area contributed by atoms with Crippen molar-refractivity contribution in [3.8, 4) is 0 Å². The zero-order chi connectivity index (χ0) is 20.9. The van der Waals surface area contributed by atoms with Gasteiger partial charge in [0.25, 0.3) is 0 Å². The van der Waals surface area contributed by atoms with Crippen LogP contribution in [-0.2, 0) is 22.3 Å². The van der Waals surface area contributed by atoms with Gasteiger partial charge in [-0.2, -0.15) is 13.2 Å². The summed E-state index contributed by atoms with van der Waals surface area (Å²) in [4.78, 5) is 29.1. The lowest BCUT2D eigenvalue weighted by molar-refractivity contribution is -0.141. The smallest absolute Gasteiger partial charge is 0.433 e. The number of halogens is 3. The predicted octanol–water partition coefficient (Wildman–Crippen LogP) is 2.87. The number of aromatic nitrogens is 1. The first-order chi connectivity index (χ1) is 13.0. The Morgan fingerprint density at radius 3 is 2.46 bits per heavy atom. The number of nitrogens with one attached hydrogen (secondary N) is 2. The van der Waals surface area contributed by atoms with Gasteiger partial charge in [0.15, 0.2) is 0 Å². The van der Waals surface area contributed by atoms with Crippen LogP contribution >= 0.6 is 0 Å². The number of ether oxygens (including phenoxy) is 1. The van der Waals surface area contributed by atoms with E-state index >= 15 is 0 Å². The van der Waals surface area contributed by atoms with Crippen molar-refractivity contribution >= 4 is 12.0 Å². The normalized spacial score (nSPS) is 16.0. The minimum atomic E-state index is -4.51. The van der Waals surface area contributed by atoms with Crippen LogP contribution in [0.3, 0.4) is 0 Å². The zero-order valence-electron chi connectivity index (χ0n) is 16.1. The molecule has 0 aromatic carbocycles. The fourth-order valence-corrected chi connectivity index (χ4v) is 2.73. The molecule has 1 aliphatic heterocycles. The Kier molecular flexibility index (Phi) is 6.87. The van der Waals surface area contributed by atoms with Gasteiger partial charge in [0.1, 0.15) is 11.3 Å². The monoisotopic (exact) mass is 402 g/mol. The van der Waals surface area contributed by atoms with E-state index in [1.807, 2.05) is 0 Å². The minimum absolute atomic E-state index is 0.0358. The van der Waals surface area contributed by atoms with Gasteiger partial charge in [-0.25, -0.2) is 10.2 Å². The average molecular weight is 402 g/mol. The third kappa shape index (κ3) is 6.66. The minimum Gasteiger partial charge on any atom is -0.444 e. The molecule has 1 saturated heterocycles. The van der Waals surface area contributed by atoms with Crippen molar-refractivity contribution < 1.29 is 27.5 Å². The van der Waals surface area contributed by atoms with Gasteiger partial charge in [0, 0.05) is 31.7 Å². The molecule has 2 N–H and O–H groups in total. The highest BCUT2D eigenvalue weighted by molar-refractivity contribution is 5.78. The van der Waals surface area contributed by atoms with Crippen molar-refractivity contribution in [3.05, 3.63) is 29.6 Å². The number of rotatable bonds is 4. The summed E-state index contributed by atoms with van der Waals surface area (Å²) >= 11 is 0. The fraction of sp³-hybridized carbons (Fsp3) is 0.611. The second-order valence-corrected chi connectivity index (χ2v) is 7.63. The molecule has 7 nitrogen and oxygen atoms in total. The standard InChI is InChI=1S/C18H25F3N4O3/c1-17(2,3)28-16(27)25-8-5-13(6-9-25)15(26)24-23-11-12-4-7-22-14(10-12)18(19,20)21/h4,7,10,13,23H,5-6,8-9,11H2,1-3H3,(H,24,26). The van der Waals surface area contributed by atoms with Crippen LogP contribution in [0.5, 0.6) is 0 Å². The van der Waals surface area contributed by atoms with E-state index in [9.17, 15) is 22.8 Å². The number of carbonyl (C=O) groups is 2. The fourth-order valence-electron chi connectivity index (χ4n) is 2.73. The molecule has 28 heavy (non-hydrogen) atoms. The quantitative estimate of drug-likeness (QED) is 0.757. The van der Waals surface area contributed by atoms with Gasteiger partial charge in [-0.3, -0.25) is 15.2 Å². The first kappa shape index (κ1) is 21.9. The number of pyridine rings is 1. The third-order valence-corrected chi connectivity index (χ3v) is 4.14. The van der Waals surface area contributed by atoms with Gasteiger partial charge < -0.3 is 9.64 Å². The first-order valence-electron chi connectivity index (χ1n) is 8.98. The predicted molar refractivity (Wildman–Crippen MR) is 94.8 cm³/mol. The van der Waals surface area contributed by atoms with Crippen LogP contribution in [0, 0.1) is 5.92 Å². The molecule has 2 amide bonds. The number of carbonyl (C=O) groups excluding carboxylic acids is 2. The second kappa shape index (κ2) is 8.76. The highest BCUT2D eigenvalue weighted by atomic mass is 19.4. The summed E-state index contributed by atoms with van der Waals surface area (Å²) in [5.74, 6) is -0.539. The number of likely N-dealkylation sites (tertiary alicyclic amines) is 1. The van der Waals surface area contributed by atoms with E-state index in [4.69, 9.17) is 4.74 Å². The summed E-state index contributed by atoms with van der Waals surface area (Å²) in [7, 11) is 0. The van der Waals surface area contributed by atoms with Crippen molar-refractivity contribution in [3.63, 3.8) is 0 Å². The number of alkyl halides is 3. The molecular formula is C18H25F3N4O3. The molecule has 0 radical (unpaired) electrons. The summed E-state index contributed by atoms with van der Waals surface area (Å²) in [6, 6.07) is 2.37. The van der Waals surface area contributed by atoms with Crippen LogP contribution in [0.4, 0.5) is 18.0 Å². The topological polar surface area (TPSA) is 83.6 Å². The molecule has 10 heteroatoms. The van der Waals surface area contributed by atoms with E-state index in [1.54, 1.807) is 25.7 Å². The second-order valence-electron chi connectivity index (χ2n) is 7.63. The van der Waals surface area contributed by atoms with Gasteiger partial charge in [0.05, 0.1) is 0 Å². The molecule has 1 aromatic rings. The van der Waals surface area contributed by atoms with Crippen LogP contribution in [-0.4, -0.2) is 40.6 Å². The Labute approximate surface area is 161 Å². The summed E-state index contributed by atoms with van der Waals surface area (Å²) in [5, 5.41) is 0. The lowest BCUT2D eigenvalue weighted by Crippen LogP contribution is -2.47. The molecule has 2 rings (SSSR count). The van der Waals surface area contributed by atoms with Gasteiger partial charge in [-0.15, -0.1) is 0 Å². The molecule has 1 aliphatic rings. The summed E-state index contributed by atoms with van der Waals surface area (Å²) in [6.45, 7) is 6.22. The van der Waals surface area contributed by atoms with Crippen LogP contribution < -0.4 is 10.9 Å².